The zero-order valence-electron chi connectivity index (χ0n) is 15.7. The van der Waals surface area contributed by atoms with Crippen molar-refractivity contribution in [3.63, 3.8) is 0 Å². The monoisotopic (exact) mass is 382 g/mol. The average Bonchev–Trinajstić information content (AvgIpc) is 3.38. The van der Waals surface area contributed by atoms with Gasteiger partial charge in [-0.1, -0.05) is 12.1 Å². The minimum Gasteiger partial charge on any atom is -0.454 e. The summed E-state index contributed by atoms with van der Waals surface area (Å²) >= 11 is 1.73. The normalized spacial score (nSPS) is 12.4. The molecule has 140 valence electrons. The van der Waals surface area contributed by atoms with Gasteiger partial charge in [-0.15, -0.1) is 11.3 Å². The van der Waals surface area contributed by atoms with Gasteiger partial charge in [0.15, 0.2) is 11.5 Å². The quantitative estimate of drug-likeness (QED) is 0.664. The van der Waals surface area contributed by atoms with Crippen molar-refractivity contribution in [3.8, 4) is 11.5 Å². The Balaban J connectivity index is 1.52. The molecule has 0 atom stereocenters. The summed E-state index contributed by atoms with van der Waals surface area (Å²) in [6.45, 7) is 5.64. The minimum atomic E-state index is 0.0261. The SMILES string of the molecule is Cc1cc(C(=O)N(C)Cc2ccc3c(c2)OCO3)c(C)n1Cc1cccs1. The molecule has 0 radical (unpaired) electrons. The van der Waals surface area contributed by atoms with E-state index in [2.05, 4.69) is 29.0 Å². The van der Waals surface area contributed by atoms with Crippen LogP contribution >= 0.6 is 11.3 Å². The van der Waals surface area contributed by atoms with Crippen molar-refractivity contribution in [2.45, 2.75) is 26.9 Å². The number of nitrogens with zero attached hydrogens (tertiary/aromatic N) is 2. The van der Waals surface area contributed by atoms with Gasteiger partial charge in [0.25, 0.3) is 5.91 Å². The van der Waals surface area contributed by atoms with E-state index >= 15 is 0 Å². The Kier molecular flexibility index (Phi) is 4.66. The average molecular weight is 382 g/mol. The molecule has 0 N–H and O–H groups in total. The maximum Gasteiger partial charge on any atom is 0.255 e. The van der Waals surface area contributed by atoms with Gasteiger partial charge in [0.05, 0.1) is 12.1 Å². The fourth-order valence-corrected chi connectivity index (χ4v) is 4.10. The molecule has 0 fully saturated rings. The summed E-state index contributed by atoms with van der Waals surface area (Å²) in [5.41, 5.74) is 3.87. The Morgan fingerprint density at radius 3 is 2.78 bits per heavy atom. The van der Waals surface area contributed by atoms with Gasteiger partial charge in [0, 0.05) is 29.9 Å². The number of ether oxygens (including phenoxy) is 2. The number of amides is 1. The molecule has 0 spiro atoms. The van der Waals surface area contributed by atoms with Gasteiger partial charge in [-0.25, -0.2) is 0 Å². The highest BCUT2D eigenvalue weighted by Gasteiger charge is 2.20. The van der Waals surface area contributed by atoms with E-state index in [0.29, 0.717) is 6.54 Å². The first-order chi connectivity index (χ1) is 13.0. The first-order valence-electron chi connectivity index (χ1n) is 8.86. The molecule has 1 aromatic carbocycles. The molecule has 4 rings (SSSR count). The van der Waals surface area contributed by atoms with Crippen LogP contribution in [0.3, 0.4) is 0 Å². The van der Waals surface area contributed by atoms with Crippen LogP contribution in [0.5, 0.6) is 11.5 Å². The number of hydrogen-bond acceptors (Lipinski definition) is 4. The van der Waals surface area contributed by atoms with E-state index in [9.17, 15) is 4.79 Å². The molecule has 0 bridgehead atoms. The fourth-order valence-electron chi connectivity index (χ4n) is 3.41. The van der Waals surface area contributed by atoms with E-state index in [1.165, 1.54) is 4.88 Å². The van der Waals surface area contributed by atoms with Gasteiger partial charge in [-0.05, 0) is 49.1 Å². The van der Waals surface area contributed by atoms with Gasteiger partial charge in [-0.2, -0.15) is 0 Å². The minimum absolute atomic E-state index is 0.0261. The van der Waals surface area contributed by atoms with Crippen LogP contribution in [0.2, 0.25) is 0 Å². The summed E-state index contributed by atoms with van der Waals surface area (Å²) in [4.78, 5) is 16.1. The lowest BCUT2D eigenvalue weighted by Crippen LogP contribution is -2.26. The van der Waals surface area contributed by atoms with Gasteiger partial charge in [-0.3, -0.25) is 4.79 Å². The topological polar surface area (TPSA) is 43.7 Å². The molecule has 3 heterocycles. The molecule has 5 nitrogen and oxygen atoms in total. The smallest absolute Gasteiger partial charge is 0.255 e. The van der Waals surface area contributed by atoms with Gasteiger partial charge >= 0.3 is 0 Å². The maximum atomic E-state index is 13.0. The Morgan fingerprint density at radius 1 is 1.19 bits per heavy atom. The molecular weight excluding hydrogens is 360 g/mol. The van der Waals surface area contributed by atoms with Crippen LogP contribution in [0.15, 0.2) is 41.8 Å². The van der Waals surface area contributed by atoms with Crippen molar-refractivity contribution in [3.05, 3.63) is 69.2 Å². The fraction of sp³-hybridized carbons (Fsp3) is 0.286. The lowest BCUT2D eigenvalue weighted by molar-refractivity contribution is 0.0784. The summed E-state index contributed by atoms with van der Waals surface area (Å²) in [6.07, 6.45) is 0. The highest BCUT2D eigenvalue weighted by atomic mass is 32.1. The lowest BCUT2D eigenvalue weighted by atomic mass is 10.1. The van der Waals surface area contributed by atoms with Crippen LogP contribution in [0, 0.1) is 13.8 Å². The third kappa shape index (κ3) is 3.45. The predicted octanol–water partition coefficient (Wildman–Crippen LogP) is 4.22. The van der Waals surface area contributed by atoms with Gasteiger partial charge in [0.2, 0.25) is 6.79 Å². The number of carbonyl (C=O) groups excluding carboxylic acids is 1. The summed E-state index contributed by atoms with van der Waals surface area (Å²) in [6, 6.07) is 12.0. The van der Waals surface area contributed by atoms with Crippen molar-refractivity contribution in [1.29, 1.82) is 0 Å². The maximum absolute atomic E-state index is 13.0. The number of fused-ring (bicyclic) bond motifs is 1. The molecule has 0 saturated carbocycles. The summed E-state index contributed by atoms with van der Waals surface area (Å²) in [5, 5.41) is 2.08. The third-order valence-electron chi connectivity index (χ3n) is 4.90. The molecule has 3 aromatic rings. The summed E-state index contributed by atoms with van der Waals surface area (Å²) in [5.74, 6) is 1.52. The largest absolute Gasteiger partial charge is 0.454 e. The molecule has 1 amide bonds. The number of thiophene rings is 1. The summed E-state index contributed by atoms with van der Waals surface area (Å²) in [7, 11) is 1.83. The second-order valence-electron chi connectivity index (χ2n) is 6.80. The lowest BCUT2D eigenvalue weighted by Gasteiger charge is -2.18. The molecule has 27 heavy (non-hydrogen) atoms. The van der Waals surface area contributed by atoms with E-state index < -0.39 is 0 Å². The number of benzene rings is 1. The molecule has 0 aliphatic carbocycles. The van der Waals surface area contributed by atoms with Crippen LogP contribution in [0.1, 0.15) is 32.2 Å². The summed E-state index contributed by atoms with van der Waals surface area (Å²) < 4.78 is 13.0. The Bertz CT molecular complexity index is 976. The predicted molar refractivity (Wildman–Crippen MR) is 106 cm³/mol. The number of aromatic nitrogens is 1. The Hall–Kier alpha value is -2.73. The van der Waals surface area contributed by atoms with E-state index in [1.54, 1.807) is 16.2 Å². The third-order valence-corrected chi connectivity index (χ3v) is 5.76. The van der Waals surface area contributed by atoms with E-state index in [-0.39, 0.29) is 12.7 Å². The molecule has 6 heteroatoms. The second-order valence-corrected chi connectivity index (χ2v) is 7.83. The standard InChI is InChI=1S/C21H22N2O3S/c1-14-9-18(15(2)23(14)12-17-5-4-8-27-17)21(24)22(3)11-16-6-7-19-20(10-16)26-13-25-19/h4-10H,11-13H2,1-3H3. The second kappa shape index (κ2) is 7.12. The van der Waals surface area contributed by atoms with Crippen LogP contribution in [-0.4, -0.2) is 29.2 Å². The van der Waals surface area contributed by atoms with Crippen LogP contribution in [0.4, 0.5) is 0 Å². The molecule has 0 unspecified atom stereocenters. The van der Waals surface area contributed by atoms with Crippen LogP contribution in [0.25, 0.3) is 0 Å². The van der Waals surface area contributed by atoms with Gasteiger partial charge < -0.3 is 18.9 Å². The number of carbonyl (C=O) groups is 1. The van der Waals surface area contributed by atoms with E-state index in [4.69, 9.17) is 9.47 Å². The highest BCUT2D eigenvalue weighted by Crippen LogP contribution is 2.33. The molecule has 2 aromatic heterocycles. The molecular formula is C21H22N2O3S. The van der Waals surface area contributed by atoms with Crippen molar-refractivity contribution in [2.75, 3.05) is 13.8 Å². The van der Waals surface area contributed by atoms with Crippen molar-refractivity contribution in [1.82, 2.24) is 9.47 Å². The van der Waals surface area contributed by atoms with Crippen molar-refractivity contribution < 1.29 is 14.3 Å². The van der Waals surface area contributed by atoms with Crippen molar-refractivity contribution in [2.24, 2.45) is 0 Å². The van der Waals surface area contributed by atoms with Gasteiger partial charge in [0.1, 0.15) is 0 Å². The van der Waals surface area contributed by atoms with Crippen molar-refractivity contribution >= 4 is 17.2 Å². The highest BCUT2D eigenvalue weighted by molar-refractivity contribution is 7.09. The molecule has 1 aliphatic heterocycles. The number of rotatable bonds is 5. The zero-order valence-corrected chi connectivity index (χ0v) is 16.5. The Morgan fingerprint density at radius 2 is 2.00 bits per heavy atom. The molecule has 1 aliphatic rings. The van der Waals surface area contributed by atoms with E-state index in [1.807, 2.05) is 38.2 Å². The Labute approximate surface area is 162 Å². The zero-order chi connectivity index (χ0) is 19.0. The van der Waals surface area contributed by atoms with Crippen LogP contribution < -0.4 is 9.47 Å². The number of aryl methyl sites for hydroxylation is 1. The number of hydrogen-bond donors (Lipinski definition) is 0. The first-order valence-corrected chi connectivity index (χ1v) is 9.74. The molecule has 0 saturated heterocycles. The van der Waals surface area contributed by atoms with E-state index in [0.717, 1.165) is 40.6 Å². The van der Waals surface area contributed by atoms with Crippen LogP contribution in [-0.2, 0) is 13.1 Å². The first kappa shape index (κ1) is 17.7.